The Morgan fingerprint density at radius 1 is 0.417 bits per heavy atom. The van der Waals surface area contributed by atoms with Gasteiger partial charge >= 0.3 is 0 Å². The highest BCUT2D eigenvalue weighted by molar-refractivity contribution is 4.65. The van der Waals surface area contributed by atoms with Crippen molar-refractivity contribution >= 4 is 0 Å². The SMILES string of the molecule is CCCCCCCCCCCCCC(CC)CC(CC)CCCC. The summed E-state index contributed by atoms with van der Waals surface area (Å²) in [4.78, 5) is 0. The van der Waals surface area contributed by atoms with Crippen LogP contribution < -0.4 is 0 Å². The van der Waals surface area contributed by atoms with E-state index in [4.69, 9.17) is 0 Å². The Bertz CT molecular complexity index is 220. The molecule has 0 radical (unpaired) electrons. The first-order valence-electron chi connectivity index (χ1n) is 11.8. The van der Waals surface area contributed by atoms with Crippen molar-refractivity contribution in [1.82, 2.24) is 0 Å². The summed E-state index contributed by atoms with van der Waals surface area (Å²) >= 11 is 0. The Balaban J connectivity index is 3.49. The minimum atomic E-state index is 1.00. The normalized spacial score (nSPS) is 14.0. The molecule has 0 spiro atoms. The molecule has 0 saturated carbocycles. The number of hydrogen-bond acceptors (Lipinski definition) is 0. The molecule has 0 amide bonds. The Morgan fingerprint density at radius 3 is 1.21 bits per heavy atom. The number of rotatable bonds is 19. The molecule has 0 heterocycles. The van der Waals surface area contributed by atoms with Crippen LogP contribution in [-0.2, 0) is 0 Å². The maximum atomic E-state index is 2.41. The van der Waals surface area contributed by atoms with Gasteiger partial charge in [0.15, 0.2) is 0 Å². The van der Waals surface area contributed by atoms with Gasteiger partial charge in [0.05, 0.1) is 0 Å². The van der Waals surface area contributed by atoms with Crippen molar-refractivity contribution in [3.63, 3.8) is 0 Å². The third-order valence-corrected chi connectivity index (χ3v) is 6.00. The summed E-state index contributed by atoms with van der Waals surface area (Å²) in [6.07, 6.45) is 26.2. The molecule has 146 valence electrons. The first-order chi connectivity index (χ1) is 11.8. The summed E-state index contributed by atoms with van der Waals surface area (Å²) in [5.41, 5.74) is 0. The molecule has 0 aliphatic heterocycles. The molecule has 0 aromatic carbocycles. The average molecular weight is 339 g/mol. The standard InChI is InChI=1S/C24H50/c1-5-9-11-12-13-14-15-16-17-18-19-21-24(8-4)22-23(7-3)20-10-6-2/h23-24H,5-22H2,1-4H3. The van der Waals surface area contributed by atoms with E-state index in [2.05, 4.69) is 27.7 Å². The van der Waals surface area contributed by atoms with Gasteiger partial charge in [0, 0.05) is 0 Å². The van der Waals surface area contributed by atoms with Crippen LogP contribution in [0.5, 0.6) is 0 Å². The van der Waals surface area contributed by atoms with Gasteiger partial charge in [-0.3, -0.25) is 0 Å². The van der Waals surface area contributed by atoms with Gasteiger partial charge in [-0.15, -0.1) is 0 Å². The van der Waals surface area contributed by atoms with Gasteiger partial charge in [-0.05, 0) is 18.3 Å². The zero-order valence-corrected chi connectivity index (χ0v) is 17.9. The molecule has 0 heteroatoms. The molecular formula is C24H50. The predicted octanol–water partition coefficient (Wildman–Crippen LogP) is 9.32. The minimum absolute atomic E-state index is 1.00. The van der Waals surface area contributed by atoms with E-state index in [0.29, 0.717) is 0 Å². The van der Waals surface area contributed by atoms with Crippen LogP contribution in [0.15, 0.2) is 0 Å². The van der Waals surface area contributed by atoms with Crippen molar-refractivity contribution in [1.29, 1.82) is 0 Å². The highest BCUT2D eigenvalue weighted by Gasteiger charge is 2.13. The van der Waals surface area contributed by atoms with Crippen LogP contribution in [0.4, 0.5) is 0 Å². The van der Waals surface area contributed by atoms with E-state index in [-0.39, 0.29) is 0 Å². The molecule has 0 rings (SSSR count). The van der Waals surface area contributed by atoms with Crippen LogP contribution in [-0.4, -0.2) is 0 Å². The van der Waals surface area contributed by atoms with E-state index in [9.17, 15) is 0 Å². The lowest BCUT2D eigenvalue weighted by atomic mass is 9.84. The predicted molar refractivity (Wildman–Crippen MR) is 113 cm³/mol. The summed E-state index contributed by atoms with van der Waals surface area (Å²) in [5, 5.41) is 0. The molecule has 2 atom stereocenters. The first-order valence-corrected chi connectivity index (χ1v) is 11.8. The zero-order chi connectivity index (χ0) is 17.9. The fourth-order valence-corrected chi connectivity index (χ4v) is 4.04. The molecule has 0 N–H and O–H groups in total. The summed E-state index contributed by atoms with van der Waals surface area (Å²) in [6.45, 7) is 9.44. The number of unbranched alkanes of at least 4 members (excludes halogenated alkanes) is 11. The van der Waals surface area contributed by atoms with E-state index in [1.54, 1.807) is 0 Å². The van der Waals surface area contributed by atoms with Crippen LogP contribution in [0.2, 0.25) is 0 Å². The molecule has 0 nitrogen and oxygen atoms in total. The van der Waals surface area contributed by atoms with E-state index >= 15 is 0 Å². The molecule has 0 fully saturated rings. The summed E-state index contributed by atoms with van der Waals surface area (Å²) in [7, 11) is 0. The topological polar surface area (TPSA) is 0 Å². The van der Waals surface area contributed by atoms with Gasteiger partial charge in [-0.2, -0.15) is 0 Å². The monoisotopic (exact) mass is 338 g/mol. The Hall–Kier alpha value is 0. The maximum absolute atomic E-state index is 2.41. The van der Waals surface area contributed by atoms with Crippen LogP contribution in [0, 0.1) is 11.8 Å². The fraction of sp³-hybridized carbons (Fsp3) is 1.00. The second-order valence-electron chi connectivity index (χ2n) is 8.25. The fourth-order valence-electron chi connectivity index (χ4n) is 4.04. The van der Waals surface area contributed by atoms with Gasteiger partial charge in [-0.1, -0.05) is 137 Å². The van der Waals surface area contributed by atoms with E-state index < -0.39 is 0 Å². The van der Waals surface area contributed by atoms with Gasteiger partial charge in [-0.25, -0.2) is 0 Å². The van der Waals surface area contributed by atoms with E-state index in [1.165, 1.54) is 116 Å². The molecule has 24 heavy (non-hydrogen) atoms. The van der Waals surface area contributed by atoms with Crippen LogP contribution in [0.3, 0.4) is 0 Å². The van der Waals surface area contributed by atoms with Crippen LogP contribution in [0.1, 0.15) is 143 Å². The van der Waals surface area contributed by atoms with E-state index in [1.807, 2.05) is 0 Å². The Labute approximate surface area is 155 Å². The maximum Gasteiger partial charge on any atom is -0.0414 e. The van der Waals surface area contributed by atoms with Gasteiger partial charge in [0.2, 0.25) is 0 Å². The van der Waals surface area contributed by atoms with Gasteiger partial charge in [0.1, 0.15) is 0 Å². The molecule has 0 saturated heterocycles. The van der Waals surface area contributed by atoms with E-state index in [0.717, 1.165) is 11.8 Å². The smallest absolute Gasteiger partial charge is 0.0414 e. The van der Waals surface area contributed by atoms with Crippen LogP contribution >= 0.6 is 0 Å². The second kappa shape index (κ2) is 19.3. The van der Waals surface area contributed by atoms with Gasteiger partial charge < -0.3 is 0 Å². The Kier molecular flexibility index (Phi) is 19.3. The first kappa shape index (κ1) is 24.0. The summed E-state index contributed by atoms with van der Waals surface area (Å²) < 4.78 is 0. The molecule has 0 aliphatic rings. The van der Waals surface area contributed by atoms with Crippen LogP contribution in [0.25, 0.3) is 0 Å². The Morgan fingerprint density at radius 2 is 0.792 bits per heavy atom. The summed E-state index contributed by atoms with van der Waals surface area (Å²) in [6, 6.07) is 0. The molecule has 0 aromatic rings. The van der Waals surface area contributed by atoms with Crippen molar-refractivity contribution in [2.45, 2.75) is 143 Å². The van der Waals surface area contributed by atoms with Crippen molar-refractivity contribution in [3.05, 3.63) is 0 Å². The second-order valence-corrected chi connectivity index (χ2v) is 8.25. The minimum Gasteiger partial charge on any atom is -0.0654 e. The van der Waals surface area contributed by atoms with Crippen molar-refractivity contribution in [2.75, 3.05) is 0 Å². The lowest BCUT2D eigenvalue weighted by Crippen LogP contribution is -2.08. The number of hydrogen-bond donors (Lipinski definition) is 0. The lowest BCUT2D eigenvalue weighted by Gasteiger charge is -2.21. The van der Waals surface area contributed by atoms with Gasteiger partial charge in [0.25, 0.3) is 0 Å². The zero-order valence-electron chi connectivity index (χ0n) is 17.9. The van der Waals surface area contributed by atoms with Crippen molar-refractivity contribution in [3.8, 4) is 0 Å². The summed E-state index contributed by atoms with van der Waals surface area (Å²) in [5.74, 6) is 2.01. The highest BCUT2D eigenvalue weighted by Crippen LogP contribution is 2.27. The quantitative estimate of drug-likeness (QED) is 0.206. The molecular weight excluding hydrogens is 288 g/mol. The molecule has 2 unspecified atom stereocenters. The largest absolute Gasteiger partial charge is 0.0654 e. The molecule has 0 bridgehead atoms. The third kappa shape index (κ3) is 15.5. The van der Waals surface area contributed by atoms with Crippen molar-refractivity contribution < 1.29 is 0 Å². The molecule has 0 aliphatic carbocycles. The average Bonchev–Trinajstić information content (AvgIpc) is 2.61. The third-order valence-electron chi connectivity index (χ3n) is 6.00. The van der Waals surface area contributed by atoms with Crippen molar-refractivity contribution in [2.24, 2.45) is 11.8 Å². The molecule has 0 aromatic heterocycles. The lowest BCUT2D eigenvalue weighted by molar-refractivity contribution is 0.309. The highest BCUT2D eigenvalue weighted by atomic mass is 14.2.